The lowest BCUT2D eigenvalue weighted by molar-refractivity contribution is 0.0961. The van der Waals surface area contributed by atoms with Crippen molar-refractivity contribution < 1.29 is 4.79 Å². The van der Waals surface area contributed by atoms with Gasteiger partial charge in [0.1, 0.15) is 0 Å². The molecule has 2 heterocycles. The maximum atomic E-state index is 12.1. The largest absolute Gasteiger partial charge is 0.302 e. The highest BCUT2D eigenvalue weighted by Gasteiger charge is 2.29. The van der Waals surface area contributed by atoms with Crippen molar-refractivity contribution in [3.05, 3.63) is 35.9 Å². The van der Waals surface area contributed by atoms with E-state index in [0.29, 0.717) is 6.42 Å². The van der Waals surface area contributed by atoms with Crippen LogP contribution in [0.25, 0.3) is 0 Å². The van der Waals surface area contributed by atoms with E-state index in [9.17, 15) is 4.79 Å². The van der Waals surface area contributed by atoms with Crippen molar-refractivity contribution >= 4 is 5.78 Å². The molecule has 1 aromatic carbocycles. The molecule has 0 atom stereocenters. The van der Waals surface area contributed by atoms with E-state index in [1.807, 2.05) is 30.3 Å². The van der Waals surface area contributed by atoms with E-state index in [2.05, 4.69) is 4.90 Å². The maximum Gasteiger partial charge on any atom is 0.164 e. The number of ketones is 1. The minimum absolute atomic E-state index is 0.289. The summed E-state index contributed by atoms with van der Waals surface area (Å²) in [5.41, 5.74) is 0.861. The van der Waals surface area contributed by atoms with Crippen LogP contribution >= 0.6 is 0 Å². The molecule has 0 N–H and O–H groups in total. The summed E-state index contributed by atoms with van der Waals surface area (Å²) in [4.78, 5) is 14.7. The van der Waals surface area contributed by atoms with E-state index in [1.165, 1.54) is 38.8 Å². The number of hydrogen-bond donors (Lipinski definition) is 0. The fourth-order valence-corrected chi connectivity index (χ4v) is 3.61. The fourth-order valence-electron chi connectivity index (χ4n) is 3.61. The molecule has 3 fully saturated rings. The van der Waals surface area contributed by atoms with Crippen LogP contribution in [0.15, 0.2) is 30.3 Å². The van der Waals surface area contributed by atoms with Gasteiger partial charge in [0, 0.05) is 31.6 Å². The normalized spacial score (nSPS) is 27.2. The summed E-state index contributed by atoms with van der Waals surface area (Å²) in [5, 5.41) is 0. The second-order valence-electron chi connectivity index (χ2n) is 6.19. The molecule has 1 aromatic rings. The average molecular weight is 257 g/mol. The molecule has 0 spiro atoms. The van der Waals surface area contributed by atoms with Crippen LogP contribution in [0.1, 0.15) is 42.5 Å². The van der Waals surface area contributed by atoms with Crippen LogP contribution in [-0.2, 0) is 0 Å². The second kappa shape index (κ2) is 5.87. The minimum atomic E-state index is 0.289. The van der Waals surface area contributed by atoms with E-state index < -0.39 is 0 Å². The molecule has 2 bridgehead atoms. The van der Waals surface area contributed by atoms with E-state index in [-0.39, 0.29) is 5.78 Å². The minimum Gasteiger partial charge on any atom is -0.302 e. The van der Waals surface area contributed by atoms with Crippen LogP contribution in [0.2, 0.25) is 0 Å². The Morgan fingerprint density at radius 3 is 2.16 bits per heavy atom. The van der Waals surface area contributed by atoms with Gasteiger partial charge in [0.15, 0.2) is 5.78 Å². The first-order chi connectivity index (χ1) is 9.31. The number of rotatable bonds is 4. The second-order valence-corrected chi connectivity index (χ2v) is 6.19. The zero-order valence-corrected chi connectivity index (χ0v) is 11.6. The molecule has 0 aromatic heterocycles. The van der Waals surface area contributed by atoms with E-state index in [0.717, 1.165) is 23.9 Å². The third kappa shape index (κ3) is 3.24. The number of fused-ring (bicyclic) bond motifs is 4. The van der Waals surface area contributed by atoms with E-state index in [1.54, 1.807) is 0 Å². The molecule has 102 valence electrons. The van der Waals surface area contributed by atoms with Crippen molar-refractivity contribution in [2.24, 2.45) is 11.8 Å². The van der Waals surface area contributed by atoms with Gasteiger partial charge in [-0.1, -0.05) is 30.3 Å². The van der Waals surface area contributed by atoms with Gasteiger partial charge >= 0.3 is 0 Å². The first-order valence-corrected chi connectivity index (χ1v) is 7.62. The highest BCUT2D eigenvalue weighted by molar-refractivity contribution is 5.96. The van der Waals surface area contributed by atoms with Crippen LogP contribution < -0.4 is 0 Å². The summed E-state index contributed by atoms with van der Waals surface area (Å²) in [6.07, 6.45) is 6.31. The predicted octanol–water partition coefficient (Wildman–Crippen LogP) is 3.38. The molecule has 4 rings (SSSR count). The summed E-state index contributed by atoms with van der Waals surface area (Å²) in [6, 6.07) is 9.70. The van der Waals surface area contributed by atoms with Crippen LogP contribution in [0, 0.1) is 11.8 Å². The molecule has 1 aliphatic carbocycles. The standard InChI is InChI=1S/C17H23NO/c19-17(16-4-2-1-3-5-16)10-11-18-12-14-6-7-15(13-18)9-8-14/h1-5,14-15H,6-13H2. The first-order valence-electron chi connectivity index (χ1n) is 7.62. The van der Waals surface area contributed by atoms with Crippen molar-refractivity contribution in [2.45, 2.75) is 32.1 Å². The monoisotopic (exact) mass is 257 g/mol. The van der Waals surface area contributed by atoms with Crippen LogP contribution in [0.3, 0.4) is 0 Å². The van der Waals surface area contributed by atoms with Crippen LogP contribution in [-0.4, -0.2) is 30.3 Å². The van der Waals surface area contributed by atoms with Gasteiger partial charge < -0.3 is 4.90 Å². The van der Waals surface area contributed by atoms with Gasteiger partial charge in [-0.25, -0.2) is 0 Å². The lowest BCUT2D eigenvalue weighted by Gasteiger charge is -2.21. The van der Waals surface area contributed by atoms with E-state index >= 15 is 0 Å². The molecular formula is C17H23NO. The Bertz CT molecular complexity index is 406. The summed E-state index contributed by atoms with van der Waals surface area (Å²) >= 11 is 0. The summed E-state index contributed by atoms with van der Waals surface area (Å²) < 4.78 is 0. The van der Waals surface area contributed by atoms with Gasteiger partial charge in [0.2, 0.25) is 0 Å². The fraction of sp³-hybridized carbons (Fsp3) is 0.588. The van der Waals surface area contributed by atoms with Crippen molar-refractivity contribution in [1.82, 2.24) is 4.90 Å². The molecular weight excluding hydrogens is 234 g/mol. The lowest BCUT2D eigenvalue weighted by Crippen LogP contribution is -2.30. The number of hydrogen-bond acceptors (Lipinski definition) is 2. The van der Waals surface area contributed by atoms with E-state index in [4.69, 9.17) is 0 Å². The Labute approximate surface area is 115 Å². The molecule has 1 saturated carbocycles. The summed E-state index contributed by atoms with van der Waals surface area (Å²) in [6.45, 7) is 3.39. The molecule has 0 amide bonds. The quantitative estimate of drug-likeness (QED) is 0.771. The number of carbonyl (C=O) groups is 1. The topological polar surface area (TPSA) is 20.3 Å². The average Bonchev–Trinajstić information content (AvgIpc) is 2.78. The van der Waals surface area contributed by atoms with Gasteiger partial charge in [-0.05, 0) is 37.5 Å². The van der Waals surface area contributed by atoms with Crippen molar-refractivity contribution in [3.8, 4) is 0 Å². The predicted molar refractivity (Wildman–Crippen MR) is 77.3 cm³/mol. The highest BCUT2D eigenvalue weighted by Crippen LogP contribution is 2.33. The van der Waals surface area contributed by atoms with Gasteiger partial charge in [-0.3, -0.25) is 4.79 Å². The van der Waals surface area contributed by atoms with Gasteiger partial charge in [-0.2, -0.15) is 0 Å². The Hall–Kier alpha value is -1.15. The number of Topliss-reactive ketones (excluding diaryl/α,β-unsaturated/α-hetero) is 1. The van der Waals surface area contributed by atoms with Crippen molar-refractivity contribution in [2.75, 3.05) is 19.6 Å². The number of nitrogens with zero attached hydrogens (tertiary/aromatic N) is 1. The third-order valence-corrected chi connectivity index (χ3v) is 4.75. The SMILES string of the molecule is O=C(CCN1CC2CCC(CC2)C1)c1ccccc1. The van der Waals surface area contributed by atoms with Gasteiger partial charge in [0.25, 0.3) is 0 Å². The summed E-state index contributed by atoms with van der Waals surface area (Å²) in [5.74, 6) is 2.08. The lowest BCUT2D eigenvalue weighted by atomic mass is 9.84. The van der Waals surface area contributed by atoms with Gasteiger partial charge in [0.05, 0.1) is 0 Å². The Balaban J connectivity index is 1.53. The Morgan fingerprint density at radius 1 is 1.00 bits per heavy atom. The zero-order valence-electron chi connectivity index (χ0n) is 11.6. The molecule has 0 radical (unpaired) electrons. The van der Waals surface area contributed by atoms with Gasteiger partial charge in [-0.15, -0.1) is 0 Å². The first kappa shape index (κ1) is 12.9. The number of benzene rings is 1. The molecule has 2 nitrogen and oxygen atoms in total. The molecule has 2 heteroatoms. The Morgan fingerprint density at radius 2 is 1.58 bits per heavy atom. The smallest absolute Gasteiger partial charge is 0.164 e. The molecule has 19 heavy (non-hydrogen) atoms. The van der Waals surface area contributed by atoms with Crippen LogP contribution in [0.4, 0.5) is 0 Å². The molecule has 0 unspecified atom stereocenters. The molecule has 3 aliphatic rings. The number of carbonyl (C=O) groups excluding carboxylic acids is 1. The van der Waals surface area contributed by atoms with Crippen molar-refractivity contribution in [1.29, 1.82) is 0 Å². The Kier molecular flexibility index (Phi) is 3.97. The zero-order chi connectivity index (χ0) is 13.1. The van der Waals surface area contributed by atoms with Crippen molar-refractivity contribution in [3.63, 3.8) is 0 Å². The third-order valence-electron chi connectivity index (χ3n) is 4.75. The highest BCUT2D eigenvalue weighted by atomic mass is 16.1. The molecule has 2 saturated heterocycles. The maximum absolute atomic E-state index is 12.1. The van der Waals surface area contributed by atoms with Crippen LogP contribution in [0.5, 0.6) is 0 Å². The summed E-state index contributed by atoms with van der Waals surface area (Å²) in [7, 11) is 0. The molecule has 2 aliphatic heterocycles.